The summed E-state index contributed by atoms with van der Waals surface area (Å²) in [6, 6.07) is 13.6. The van der Waals surface area contributed by atoms with E-state index in [4.69, 9.17) is 9.47 Å². The Bertz CT molecular complexity index is 592. The molecule has 1 unspecified atom stereocenters. The number of hydrogen-bond acceptors (Lipinski definition) is 3. The molecule has 1 atom stereocenters. The number of phenols is 1. The third-order valence-electron chi connectivity index (χ3n) is 3.55. The van der Waals surface area contributed by atoms with Crippen LogP contribution < -0.4 is 9.47 Å². The van der Waals surface area contributed by atoms with Crippen LogP contribution in [0.1, 0.15) is 17.0 Å². The Kier molecular flexibility index (Phi) is 3.03. The van der Waals surface area contributed by atoms with Gasteiger partial charge in [0, 0.05) is 5.92 Å². The van der Waals surface area contributed by atoms with Crippen molar-refractivity contribution in [3.63, 3.8) is 0 Å². The number of phenolic OH excluding ortho intramolecular Hbond substituents is 1. The monoisotopic (exact) mass is 256 g/mol. The standard InChI is InChI=1S/C16H16O3/c1-18-16-7-6-11(9-14(16)17)13-8-12-4-2-3-5-15(12)19-10-13/h2-7,9,13,17H,8,10H2,1H3. The SMILES string of the molecule is COc1ccc(C2COc3ccccc3C2)cc1O. The van der Waals surface area contributed by atoms with Crippen LogP contribution in [0.4, 0.5) is 0 Å². The Hall–Kier alpha value is -2.16. The lowest BCUT2D eigenvalue weighted by Gasteiger charge is -2.25. The van der Waals surface area contributed by atoms with Crippen molar-refractivity contribution < 1.29 is 14.6 Å². The number of ether oxygens (including phenoxy) is 2. The van der Waals surface area contributed by atoms with E-state index < -0.39 is 0 Å². The van der Waals surface area contributed by atoms with Crippen molar-refractivity contribution >= 4 is 0 Å². The quantitative estimate of drug-likeness (QED) is 0.897. The molecule has 1 aliphatic heterocycles. The van der Waals surface area contributed by atoms with E-state index in [-0.39, 0.29) is 11.7 Å². The van der Waals surface area contributed by atoms with Crippen molar-refractivity contribution in [1.29, 1.82) is 0 Å². The van der Waals surface area contributed by atoms with Crippen LogP contribution in [0.3, 0.4) is 0 Å². The van der Waals surface area contributed by atoms with Gasteiger partial charge in [0.1, 0.15) is 5.75 Å². The fourth-order valence-corrected chi connectivity index (χ4v) is 2.50. The molecule has 0 radical (unpaired) electrons. The van der Waals surface area contributed by atoms with Crippen LogP contribution in [0.2, 0.25) is 0 Å². The summed E-state index contributed by atoms with van der Waals surface area (Å²) in [7, 11) is 1.55. The molecule has 0 bridgehead atoms. The highest BCUT2D eigenvalue weighted by Gasteiger charge is 2.21. The zero-order valence-corrected chi connectivity index (χ0v) is 10.8. The predicted octanol–water partition coefficient (Wildman–Crippen LogP) is 3.12. The summed E-state index contributed by atoms with van der Waals surface area (Å²) in [5.74, 6) is 1.92. The lowest BCUT2D eigenvalue weighted by atomic mass is 9.90. The third-order valence-corrected chi connectivity index (χ3v) is 3.55. The summed E-state index contributed by atoms with van der Waals surface area (Å²) in [5, 5.41) is 9.85. The van der Waals surface area contributed by atoms with Gasteiger partial charge in [-0.05, 0) is 35.7 Å². The first-order valence-electron chi connectivity index (χ1n) is 6.35. The van der Waals surface area contributed by atoms with Gasteiger partial charge in [0.25, 0.3) is 0 Å². The number of fused-ring (bicyclic) bond motifs is 1. The molecule has 3 rings (SSSR count). The molecule has 3 nitrogen and oxygen atoms in total. The molecule has 98 valence electrons. The molecule has 0 amide bonds. The Morgan fingerprint density at radius 1 is 1.21 bits per heavy atom. The highest BCUT2D eigenvalue weighted by molar-refractivity contribution is 5.44. The van der Waals surface area contributed by atoms with E-state index in [0.29, 0.717) is 12.4 Å². The Labute approximate surface area is 112 Å². The van der Waals surface area contributed by atoms with Crippen LogP contribution in [-0.2, 0) is 6.42 Å². The molecule has 0 aromatic heterocycles. The first-order valence-corrected chi connectivity index (χ1v) is 6.35. The van der Waals surface area contributed by atoms with E-state index in [1.165, 1.54) is 5.56 Å². The number of benzene rings is 2. The summed E-state index contributed by atoms with van der Waals surface area (Å²) in [6.07, 6.45) is 0.932. The predicted molar refractivity (Wildman–Crippen MR) is 73.0 cm³/mol. The normalized spacial score (nSPS) is 17.4. The highest BCUT2D eigenvalue weighted by atomic mass is 16.5. The van der Waals surface area contributed by atoms with Crippen LogP contribution in [0.5, 0.6) is 17.2 Å². The second-order valence-corrected chi connectivity index (χ2v) is 4.75. The molecule has 19 heavy (non-hydrogen) atoms. The summed E-state index contributed by atoms with van der Waals surface area (Å²) in [4.78, 5) is 0. The molecule has 0 saturated carbocycles. The molecule has 3 heteroatoms. The van der Waals surface area contributed by atoms with Gasteiger partial charge in [0.2, 0.25) is 0 Å². The molecule has 1 aliphatic rings. The molecular formula is C16H16O3. The first kappa shape index (κ1) is 11.9. The van der Waals surface area contributed by atoms with Gasteiger partial charge in [0.05, 0.1) is 13.7 Å². The third kappa shape index (κ3) is 2.24. The molecule has 1 N–H and O–H groups in total. The number of rotatable bonds is 2. The second-order valence-electron chi connectivity index (χ2n) is 4.75. The van der Waals surface area contributed by atoms with Gasteiger partial charge in [-0.25, -0.2) is 0 Å². The largest absolute Gasteiger partial charge is 0.504 e. The highest BCUT2D eigenvalue weighted by Crippen LogP contribution is 2.35. The topological polar surface area (TPSA) is 38.7 Å². The fourth-order valence-electron chi connectivity index (χ4n) is 2.50. The Morgan fingerprint density at radius 3 is 2.84 bits per heavy atom. The molecule has 0 aliphatic carbocycles. The number of hydrogen-bond donors (Lipinski definition) is 1. The maximum Gasteiger partial charge on any atom is 0.160 e. The van der Waals surface area contributed by atoms with Crippen LogP contribution in [0, 0.1) is 0 Å². The van der Waals surface area contributed by atoms with Gasteiger partial charge in [-0.2, -0.15) is 0 Å². The molecule has 2 aromatic rings. The van der Waals surface area contributed by atoms with E-state index in [1.807, 2.05) is 24.3 Å². The van der Waals surface area contributed by atoms with E-state index >= 15 is 0 Å². The molecule has 1 heterocycles. The maximum absolute atomic E-state index is 9.85. The fraction of sp³-hybridized carbons (Fsp3) is 0.250. The Morgan fingerprint density at radius 2 is 2.05 bits per heavy atom. The lowest BCUT2D eigenvalue weighted by molar-refractivity contribution is 0.262. The molecule has 0 spiro atoms. The molecule has 0 saturated heterocycles. The van der Waals surface area contributed by atoms with Crippen LogP contribution in [-0.4, -0.2) is 18.8 Å². The lowest BCUT2D eigenvalue weighted by Crippen LogP contribution is -2.19. The molecular weight excluding hydrogens is 240 g/mol. The maximum atomic E-state index is 9.85. The van der Waals surface area contributed by atoms with E-state index in [1.54, 1.807) is 19.2 Å². The van der Waals surface area contributed by atoms with Gasteiger partial charge in [-0.1, -0.05) is 24.3 Å². The van der Waals surface area contributed by atoms with Crippen molar-refractivity contribution in [2.45, 2.75) is 12.3 Å². The van der Waals surface area contributed by atoms with Crippen LogP contribution in [0.15, 0.2) is 42.5 Å². The number of methoxy groups -OCH3 is 1. The van der Waals surface area contributed by atoms with E-state index in [9.17, 15) is 5.11 Å². The van der Waals surface area contributed by atoms with Gasteiger partial charge >= 0.3 is 0 Å². The minimum Gasteiger partial charge on any atom is -0.504 e. The molecule has 2 aromatic carbocycles. The number of para-hydroxylation sites is 1. The van der Waals surface area contributed by atoms with Gasteiger partial charge in [-0.15, -0.1) is 0 Å². The van der Waals surface area contributed by atoms with Gasteiger partial charge < -0.3 is 14.6 Å². The van der Waals surface area contributed by atoms with Crippen molar-refractivity contribution in [3.8, 4) is 17.2 Å². The summed E-state index contributed by atoms with van der Waals surface area (Å²) >= 11 is 0. The molecule has 0 fully saturated rings. The second kappa shape index (κ2) is 4.84. The van der Waals surface area contributed by atoms with E-state index in [2.05, 4.69) is 6.07 Å². The average molecular weight is 256 g/mol. The average Bonchev–Trinajstić information content (AvgIpc) is 2.46. The van der Waals surface area contributed by atoms with Crippen LogP contribution >= 0.6 is 0 Å². The summed E-state index contributed by atoms with van der Waals surface area (Å²) in [5.41, 5.74) is 2.29. The van der Waals surface area contributed by atoms with Gasteiger partial charge in [0.15, 0.2) is 11.5 Å². The smallest absolute Gasteiger partial charge is 0.160 e. The Balaban J connectivity index is 1.87. The zero-order chi connectivity index (χ0) is 13.2. The van der Waals surface area contributed by atoms with Crippen molar-refractivity contribution in [3.05, 3.63) is 53.6 Å². The summed E-state index contributed by atoms with van der Waals surface area (Å²) in [6.45, 7) is 0.642. The first-order chi connectivity index (χ1) is 9.28. The summed E-state index contributed by atoms with van der Waals surface area (Å²) < 4.78 is 10.8. The van der Waals surface area contributed by atoms with E-state index in [0.717, 1.165) is 17.7 Å². The number of aromatic hydroxyl groups is 1. The van der Waals surface area contributed by atoms with Crippen LogP contribution in [0.25, 0.3) is 0 Å². The zero-order valence-electron chi connectivity index (χ0n) is 10.8. The van der Waals surface area contributed by atoms with Crippen molar-refractivity contribution in [1.82, 2.24) is 0 Å². The van der Waals surface area contributed by atoms with Crippen molar-refractivity contribution in [2.24, 2.45) is 0 Å². The van der Waals surface area contributed by atoms with Gasteiger partial charge in [-0.3, -0.25) is 0 Å². The van der Waals surface area contributed by atoms with Crippen molar-refractivity contribution in [2.75, 3.05) is 13.7 Å². The minimum absolute atomic E-state index is 0.179. The minimum atomic E-state index is 0.179.